The van der Waals surface area contributed by atoms with Crippen molar-refractivity contribution in [3.63, 3.8) is 0 Å². The van der Waals surface area contributed by atoms with E-state index >= 15 is 0 Å². The third-order valence-corrected chi connectivity index (χ3v) is 2.69. The number of hydrogen-bond acceptors (Lipinski definition) is 2. The Morgan fingerprint density at radius 2 is 2.29 bits per heavy atom. The summed E-state index contributed by atoms with van der Waals surface area (Å²) >= 11 is 6.05. The Morgan fingerprint density at radius 1 is 1.50 bits per heavy atom. The summed E-state index contributed by atoms with van der Waals surface area (Å²) in [6.45, 7) is 0.804. The summed E-state index contributed by atoms with van der Waals surface area (Å²) in [6.07, 6.45) is 2.60. The summed E-state index contributed by atoms with van der Waals surface area (Å²) in [5.41, 5.74) is 1.01. The number of hydrogen-bond donors (Lipinski definition) is 1. The van der Waals surface area contributed by atoms with E-state index in [1.54, 1.807) is 0 Å². The normalized spacial score (nSPS) is 15.3. The third-order valence-electron chi connectivity index (χ3n) is 2.39. The van der Waals surface area contributed by atoms with Crippen molar-refractivity contribution in [2.24, 2.45) is 5.92 Å². The molecule has 0 spiro atoms. The van der Waals surface area contributed by atoms with Gasteiger partial charge in [0, 0.05) is 12.7 Å². The zero-order valence-electron chi connectivity index (χ0n) is 8.22. The fourth-order valence-corrected chi connectivity index (χ4v) is 1.50. The first-order valence-corrected chi connectivity index (χ1v) is 5.27. The first kappa shape index (κ1) is 9.66. The van der Waals surface area contributed by atoms with Crippen molar-refractivity contribution in [3.05, 3.63) is 23.2 Å². The summed E-state index contributed by atoms with van der Waals surface area (Å²) in [6, 6.07) is 5.76. The predicted octanol–water partition coefficient (Wildman–Crippen LogP) is 3.17. The van der Waals surface area contributed by atoms with Gasteiger partial charge in [-0.2, -0.15) is 0 Å². The second-order valence-corrected chi connectivity index (χ2v) is 4.06. The summed E-state index contributed by atoms with van der Waals surface area (Å²) in [4.78, 5) is 0. The van der Waals surface area contributed by atoms with Crippen LogP contribution >= 0.6 is 11.6 Å². The van der Waals surface area contributed by atoms with Gasteiger partial charge < -0.3 is 10.1 Å². The largest absolute Gasteiger partial charge is 0.492 e. The van der Waals surface area contributed by atoms with E-state index in [0.29, 0.717) is 5.02 Å². The lowest BCUT2D eigenvalue weighted by atomic mass is 10.3. The van der Waals surface area contributed by atoms with E-state index in [0.717, 1.165) is 24.0 Å². The van der Waals surface area contributed by atoms with Crippen LogP contribution in [-0.4, -0.2) is 13.7 Å². The molecular weight excluding hydrogens is 198 g/mol. The lowest BCUT2D eigenvalue weighted by Gasteiger charge is -2.08. The molecule has 1 aliphatic rings. The van der Waals surface area contributed by atoms with E-state index in [-0.39, 0.29) is 0 Å². The fraction of sp³-hybridized carbons (Fsp3) is 0.455. The SMILES string of the molecule is CNc1ccc(OCC2CC2)c(Cl)c1. The van der Waals surface area contributed by atoms with Gasteiger partial charge >= 0.3 is 0 Å². The predicted molar refractivity (Wildman–Crippen MR) is 59.2 cm³/mol. The second-order valence-electron chi connectivity index (χ2n) is 3.65. The van der Waals surface area contributed by atoms with Gasteiger partial charge in [0.1, 0.15) is 5.75 Å². The Labute approximate surface area is 89.2 Å². The second kappa shape index (κ2) is 4.09. The summed E-state index contributed by atoms with van der Waals surface area (Å²) in [7, 11) is 1.87. The molecule has 2 nitrogen and oxygen atoms in total. The van der Waals surface area contributed by atoms with Gasteiger partial charge in [-0.25, -0.2) is 0 Å². The van der Waals surface area contributed by atoms with Crippen LogP contribution in [0.15, 0.2) is 18.2 Å². The van der Waals surface area contributed by atoms with E-state index in [9.17, 15) is 0 Å². The highest BCUT2D eigenvalue weighted by Crippen LogP contribution is 2.32. The summed E-state index contributed by atoms with van der Waals surface area (Å²) in [5.74, 6) is 1.55. The minimum absolute atomic E-state index is 0.678. The number of anilines is 1. The standard InChI is InChI=1S/C11H14ClNO/c1-13-9-4-5-11(10(12)6-9)14-7-8-2-3-8/h4-6,8,13H,2-3,7H2,1H3. The minimum atomic E-state index is 0.678. The molecule has 1 aromatic rings. The van der Waals surface area contributed by atoms with Crippen molar-refractivity contribution < 1.29 is 4.74 Å². The van der Waals surface area contributed by atoms with E-state index in [1.807, 2.05) is 25.2 Å². The number of rotatable bonds is 4. The zero-order valence-corrected chi connectivity index (χ0v) is 8.97. The molecule has 0 unspecified atom stereocenters. The van der Waals surface area contributed by atoms with Crippen molar-refractivity contribution in [1.29, 1.82) is 0 Å². The minimum Gasteiger partial charge on any atom is -0.492 e. The molecule has 0 saturated heterocycles. The molecule has 14 heavy (non-hydrogen) atoms. The Bertz CT molecular complexity index is 323. The molecule has 0 bridgehead atoms. The van der Waals surface area contributed by atoms with Crippen molar-refractivity contribution in [2.45, 2.75) is 12.8 Å². The van der Waals surface area contributed by atoms with Gasteiger partial charge in [0.05, 0.1) is 11.6 Å². The first-order chi connectivity index (χ1) is 6.79. The first-order valence-electron chi connectivity index (χ1n) is 4.89. The molecule has 0 amide bonds. The number of halogens is 1. The van der Waals surface area contributed by atoms with Crippen LogP contribution in [0.4, 0.5) is 5.69 Å². The highest BCUT2D eigenvalue weighted by atomic mass is 35.5. The van der Waals surface area contributed by atoms with Gasteiger partial charge in [-0.05, 0) is 37.0 Å². The lowest BCUT2D eigenvalue weighted by molar-refractivity contribution is 0.300. The van der Waals surface area contributed by atoms with Crippen molar-refractivity contribution in [3.8, 4) is 5.75 Å². The van der Waals surface area contributed by atoms with Gasteiger partial charge in [-0.3, -0.25) is 0 Å². The van der Waals surface area contributed by atoms with Crippen molar-refractivity contribution >= 4 is 17.3 Å². The maximum atomic E-state index is 6.05. The maximum Gasteiger partial charge on any atom is 0.138 e. The van der Waals surface area contributed by atoms with Crippen LogP contribution < -0.4 is 10.1 Å². The van der Waals surface area contributed by atoms with Gasteiger partial charge in [0.15, 0.2) is 0 Å². The average molecular weight is 212 g/mol. The average Bonchev–Trinajstić information content (AvgIpc) is 2.99. The molecule has 76 valence electrons. The quantitative estimate of drug-likeness (QED) is 0.826. The molecule has 1 fully saturated rings. The van der Waals surface area contributed by atoms with E-state index in [2.05, 4.69) is 5.32 Å². The molecule has 0 atom stereocenters. The van der Waals surface area contributed by atoms with Crippen molar-refractivity contribution in [1.82, 2.24) is 0 Å². The Hall–Kier alpha value is -0.890. The van der Waals surface area contributed by atoms with E-state index in [1.165, 1.54) is 12.8 Å². The van der Waals surface area contributed by atoms with Crippen LogP contribution in [0, 0.1) is 5.92 Å². The van der Waals surface area contributed by atoms with E-state index in [4.69, 9.17) is 16.3 Å². The van der Waals surface area contributed by atoms with Crippen LogP contribution in [-0.2, 0) is 0 Å². The molecule has 3 heteroatoms. The maximum absolute atomic E-state index is 6.05. The highest BCUT2D eigenvalue weighted by molar-refractivity contribution is 6.32. The third kappa shape index (κ3) is 2.32. The number of nitrogens with one attached hydrogen (secondary N) is 1. The molecule has 1 aromatic carbocycles. The summed E-state index contributed by atoms with van der Waals surface area (Å²) < 4.78 is 5.60. The Morgan fingerprint density at radius 3 is 2.86 bits per heavy atom. The molecule has 1 N–H and O–H groups in total. The highest BCUT2D eigenvalue weighted by Gasteiger charge is 2.22. The van der Waals surface area contributed by atoms with Gasteiger partial charge in [-0.15, -0.1) is 0 Å². The van der Waals surface area contributed by atoms with Crippen molar-refractivity contribution in [2.75, 3.05) is 19.0 Å². The Balaban J connectivity index is 2.01. The van der Waals surface area contributed by atoms with Crippen LogP contribution in [0.25, 0.3) is 0 Å². The molecule has 1 saturated carbocycles. The number of benzene rings is 1. The van der Waals surface area contributed by atoms with E-state index < -0.39 is 0 Å². The van der Waals surface area contributed by atoms with Gasteiger partial charge in [0.25, 0.3) is 0 Å². The summed E-state index contributed by atoms with van der Waals surface area (Å²) in [5, 5.41) is 3.71. The molecule has 1 aliphatic carbocycles. The molecule has 0 aromatic heterocycles. The zero-order chi connectivity index (χ0) is 9.97. The topological polar surface area (TPSA) is 21.3 Å². The van der Waals surface area contributed by atoms with Crippen LogP contribution in [0.1, 0.15) is 12.8 Å². The van der Waals surface area contributed by atoms with Crippen LogP contribution in [0.2, 0.25) is 5.02 Å². The van der Waals surface area contributed by atoms with Gasteiger partial charge in [-0.1, -0.05) is 11.6 Å². The molecule has 0 aliphatic heterocycles. The molecule has 0 heterocycles. The lowest BCUT2D eigenvalue weighted by Crippen LogP contribution is -1.99. The molecular formula is C11H14ClNO. The van der Waals surface area contributed by atoms with Crippen LogP contribution in [0.3, 0.4) is 0 Å². The number of ether oxygens (including phenoxy) is 1. The molecule has 0 radical (unpaired) electrons. The smallest absolute Gasteiger partial charge is 0.138 e. The Kier molecular flexibility index (Phi) is 2.82. The molecule has 2 rings (SSSR count). The monoisotopic (exact) mass is 211 g/mol. The fourth-order valence-electron chi connectivity index (χ4n) is 1.27. The van der Waals surface area contributed by atoms with Crippen LogP contribution in [0.5, 0.6) is 5.75 Å². The van der Waals surface area contributed by atoms with Gasteiger partial charge in [0.2, 0.25) is 0 Å².